The van der Waals surface area contributed by atoms with Crippen molar-refractivity contribution in [3.63, 3.8) is 0 Å². The molecule has 1 amide bonds. The van der Waals surface area contributed by atoms with Crippen molar-refractivity contribution in [1.29, 1.82) is 0 Å². The van der Waals surface area contributed by atoms with Crippen LogP contribution < -0.4 is 0 Å². The Hall–Kier alpha value is -0.570. The zero-order valence-corrected chi connectivity index (χ0v) is 15.1. The van der Waals surface area contributed by atoms with Crippen LogP contribution in [0.1, 0.15) is 60.8 Å². The second kappa shape index (κ2) is 8.17. The van der Waals surface area contributed by atoms with Crippen molar-refractivity contribution in [3.8, 4) is 0 Å². The normalized spacial score (nSPS) is 17.8. The first kappa shape index (κ1) is 18.5. The molecule has 0 saturated carbocycles. The second-order valence-corrected chi connectivity index (χ2v) is 8.07. The monoisotopic (exact) mass is 296 g/mol. The number of hydrogen-bond acceptors (Lipinski definition) is 2. The van der Waals surface area contributed by atoms with Gasteiger partial charge < -0.3 is 4.90 Å². The Balaban J connectivity index is 2.23. The summed E-state index contributed by atoms with van der Waals surface area (Å²) in [5.74, 6) is 1.54. The van der Waals surface area contributed by atoms with Crippen LogP contribution in [0.3, 0.4) is 0 Å². The van der Waals surface area contributed by atoms with E-state index in [2.05, 4.69) is 51.3 Å². The molecule has 1 heterocycles. The fourth-order valence-corrected chi connectivity index (χ4v) is 2.75. The number of carbonyl (C=O) groups is 1. The maximum absolute atomic E-state index is 12.0. The van der Waals surface area contributed by atoms with Gasteiger partial charge in [-0.3, -0.25) is 9.69 Å². The first-order chi connectivity index (χ1) is 9.72. The highest BCUT2D eigenvalue weighted by Gasteiger charge is 2.24. The molecule has 0 bridgehead atoms. The number of nitrogens with zero attached hydrogens (tertiary/aromatic N) is 2. The van der Waals surface area contributed by atoms with Crippen LogP contribution in [0.4, 0.5) is 0 Å². The molecule has 124 valence electrons. The molecule has 1 aliphatic rings. The standard InChI is InChI=1S/C18H36N2O/c1-15(2)14-17(21)20-12-10-19(11-13-20)9-7-8-18(5,6)16(3)4/h15-16H,7-14H2,1-6H3. The average Bonchev–Trinajstić information content (AvgIpc) is 2.38. The van der Waals surface area contributed by atoms with E-state index in [0.717, 1.165) is 32.1 Å². The summed E-state index contributed by atoms with van der Waals surface area (Å²) >= 11 is 0. The van der Waals surface area contributed by atoms with Crippen LogP contribution in [0.25, 0.3) is 0 Å². The first-order valence-electron chi connectivity index (χ1n) is 8.72. The van der Waals surface area contributed by atoms with Gasteiger partial charge in [0.15, 0.2) is 0 Å². The van der Waals surface area contributed by atoms with Crippen molar-refractivity contribution < 1.29 is 4.79 Å². The van der Waals surface area contributed by atoms with Crippen LogP contribution in [-0.4, -0.2) is 48.4 Å². The second-order valence-electron chi connectivity index (χ2n) is 8.07. The molecule has 0 aromatic carbocycles. The first-order valence-corrected chi connectivity index (χ1v) is 8.72. The smallest absolute Gasteiger partial charge is 0.222 e. The van der Waals surface area contributed by atoms with Gasteiger partial charge in [-0.1, -0.05) is 41.5 Å². The molecule has 1 saturated heterocycles. The lowest BCUT2D eigenvalue weighted by atomic mass is 9.77. The Bertz CT molecular complexity index is 315. The molecule has 0 aromatic rings. The van der Waals surface area contributed by atoms with Gasteiger partial charge in [0, 0.05) is 32.6 Å². The van der Waals surface area contributed by atoms with Crippen LogP contribution in [0, 0.1) is 17.3 Å². The lowest BCUT2D eigenvalue weighted by Crippen LogP contribution is -2.49. The molecule has 1 fully saturated rings. The summed E-state index contributed by atoms with van der Waals surface area (Å²) in [5, 5.41) is 0. The molecule has 0 spiro atoms. The van der Waals surface area contributed by atoms with E-state index < -0.39 is 0 Å². The molecular weight excluding hydrogens is 260 g/mol. The van der Waals surface area contributed by atoms with Crippen LogP contribution in [0.5, 0.6) is 0 Å². The zero-order chi connectivity index (χ0) is 16.0. The molecule has 0 radical (unpaired) electrons. The summed E-state index contributed by atoms with van der Waals surface area (Å²) in [5.41, 5.74) is 0.440. The Morgan fingerprint density at radius 1 is 1.05 bits per heavy atom. The van der Waals surface area contributed by atoms with E-state index in [-0.39, 0.29) is 0 Å². The minimum Gasteiger partial charge on any atom is -0.340 e. The molecule has 0 aliphatic carbocycles. The van der Waals surface area contributed by atoms with E-state index in [1.54, 1.807) is 0 Å². The van der Waals surface area contributed by atoms with Gasteiger partial charge in [-0.25, -0.2) is 0 Å². The van der Waals surface area contributed by atoms with Crippen molar-refractivity contribution in [1.82, 2.24) is 9.80 Å². The van der Waals surface area contributed by atoms with Gasteiger partial charge >= 0.3 is 0 Å². The lowest BCUT2D eigenvalue weighted by Gasteiger charge is -2.36. The van der Waals surface area contributed by atoms with Crippen molar-refractivity contribution in [2.24, 2.45) is 17.3 Å². The Kier molecular flexibility index (Phi) is 7.19. The Labute approximate surface area is 132 Å². The lowest BCUT2D eigenvalue weighted by molar-refractivity contribution is -0.133. The molecule has 1 rings (SSSR count). The molecule has 3 heteroatoms. The van der Waals surface area contributed by atoms with Gasteiger partial charge in [0.2, 0.25) is 5.91 Å². The fraction of sp³-hybridized carbons (Fsp3) is 0.944. The van der Waals surface area contributed by atoms with Gasteiger partial charge in [0.05, 0.1) is 0 Å². The largest absolute Gasteiger partial charge is 0.340 e. The third-order valence-corrected chi connectivity index (χ3v) is 5.17. The minimum absolute atomic E-state index is 0.339. The van der Waals surface area contributed by atoms with E-state index in [4.69, 9.17) is 0 Å². The topological polar surface area (TPSA) is 23.6 Å². The van der Waals surface area contributed by atoms with Crippen molar-refractivity contribution in [2.45, 2.75) is 60.8 Å². The number of carbonyl (C=O) groups excluding carboxylic acids is 1. The SMILES string of the molecule is CC(C)CC(=O)N1CCN(CCCC(C)(C)C(C)C)CC1. The van der Waals surface area contributed by atoms with E-state index in [1.807, 2.05) is 0 Å². The van der Waals surface area contributed by atoms with Crippen LogP contribution in [0.15, 0.2) is 0 Å². The molecule has 3 nitrogen and oxygen atoms in total. The summed E-state index contributed by atoms with van der Waals surface area (Å²) in [6, 6.07) is 0. The van der Waals surface area contributed by atoms with Crippen molar-refractivity contribution in [3.05, 3.63) is 0 Å². The van der Waals surface area contributed by atoms with Crippen molar-refractivity contribution >= 4 is 5.91 Å². The minimum atomic E-state index is 0.339. The fourth-order valence-electron chi connectivity index (χ4n) is 2.75. The Morgan fingerprint density at radius 2 is 1.62 bits per heavy atom. The third kappa shape index (κ3) is 6.37. The Morgan fingerprint density at radius 3 is 2.10 bits per heavy atom. The quantitative estimate of drug-likeness (QED) is 0.716. The molecular formula is C18H36N2O. The predicted molar refractivity (Wildman–Crippen MR) is 90.3 cm³/mol. The maximum Gasteiger partial charge on any atom is 0.222 e. The highest BCUT2D eigenvalue weighted by atomic mass is 16.2. The summed E-state index contributed by atoms with van der Waals surface area (Å²) in [6.45, 7) is 18.7. The predicted octanol–water partition coefficient (Wildman–Crippen LogP) is 3.64. The van der Waals surface area contributed by atoms with Gasteiger partial charge in [0.1, 0.15) is 0 Å². The number of hydrogen-bond donors (Lipinski definition) is 0. The molecule has 1 aliphatic heterocycles. The maximum atomic E-state index is 12.0. The van der Waals surface area contributed by atoms with Gasteiger partial charge in [-0.05, 0) is 36.6 Å². The van der Waals surface area contributed by atoms with Gasteiger partial charge in [0.25, 0.3) is 0 Å². The molecule has 21 heavy (non-hydrogen) atoms. The summed E-state index contributed by atoms with van der Waals surface area (Å²) in [6.07, 6.45) is 3.25. The van der Waals surface area contributed by atoms with Crippen molar-refractivity contribution in [2.75, 3.05) is 32.7 Å². The van der Waals surface area contributed by atoms with E-state index in [0.29, 0.717) is 23.7 Å². The van der Waals surface area contributed by atoms with Gasteiger partial charge in [-0.15, -0.1) is 0 Å². The molecule has 0 aromatic heterocycles. The summed E-state index contributed by atoms with van der Waals surface area (Å²) in [4.78, 5) is 16.6. The number of rotatable bonds is 7. The van der Waals surface area contributed by atoms with Gasteiger partial charge in [-0.2, -0.15) is 0 Å². The number of amides is 1. The zero-order valence-electron chi connectivity index (χ0n) is 15.1. The summed E-state index contributed by atoms with van der Waals surface area (Å²) < 4.78 is 0. The molecule has 0 unspecified atom stereocenters. The average molecular weight is 296 g/mol. The molecule has 0 atom stereocenters. The van der Waals surface area contributed by atoms with Crippen LogP contribution in [0.2, 0.25) is 0 Å². The van der Waals surface area contributed by atoms with E-state index in [1.165, 1.54) is 19.4 Å². The number of piperazine rings is 1. The third-order valence-electron chi connectivity index (χ3n) is 5.17. The highest BCUT2D eigenvalue weighted by molar-refractivity contribution is 5.76. The van der Waals surface area contributed by atoms with Crippen LogP contribution >= 0.6 is 0 Å². The summed E-state index contributed by atoms with van der Waals surface area (Å²) in [7, 11) is 0. The highest BCUT2D eigenvalue weighted by Crippen LogP contribution is 2.31. The molecule has 0 N–H and O–H groups in total. The van der Waals surface area contributed by atoms with Crippen LogP contribution in [-0.2, 0) is 4.79 Å². The van der Waals surface area contributed by atoms with E-state index in [9.17, 15) is 4.79 Å². The van der Waals surface area contributed by atoms with E-state index >= 15 is 0 Å².